The summed E-state index contributed by atoms with van der Waals surface area (Å²) in [6, 6.07) is 13.8. The summed E-state index contributed by atoms with van der Waals surface area (Å²) in [4.78, 5) is 27.9. The Kier molecular flexibility index (Phi) is 10.1. The standard InChI is InChI=1S/C25H34BrN3O4S/c1-6-18(3)27-25(31)19(4)28(16-20-12-14-22(26)15-13-20)24(30)17-29(34(5,32)33)23-11-9-8-10-21(23)7-2/h8-15,18-19H,6-7,16-17H2,1-5H3,(H,27,31). The molecule has 0 aliphatic rings. The van der Waals surface area contributed by atoms with Gasteiger partial charge in [0, 0.05) is 17.1 Å². The van der Waals surface area contributed by atoms with E-state index in [0.717, 1.165) is 32.6 Å². The quantitative estimate of drug-likeness (QED) is 0.455. The molecule has 0 aromatic heterocycles. The molecule has 2 atom stereocenters. The molecule has 2 rings (SSSR count). The second-order valence-corrected chi connectivity index (χ2v) is 11.2. The maximum atomic E-state index is 13.6. The highest BCUT2D eigenvalue weighted by molar-refractivity contribution is 9.10. The number of nitrogens with one attached hydrogen (secondary N) is 1. The van der Waals surface area contributed by atoms with Crippen LogP contribution >= 0.6 is 15.9 Å². The Hall–Kier alpha value is -2.39. The van der Waals surface area contributed by atoms with Gasteiger partial charge in [0.25, 0.3) is 0 Å². The number of para-hydroxylation sites is 1. The van der Waals surface area contributed by atoms with Gasteiger partial charge in [0.15, 0.2) is 0 Å². The number of carbonyl (C=O) groups excluding carboxylic acids is 2. The number of hydrogen-bond acceptors (Lipinski definition) is 4. The molecule has 2 unspecified atom stereocenters. The highest BCUT2D eigenvalue weighted by atomic mass is 79.9. The van der Waals surface area contributed by atoms with E-state index in [4.69, 9.17) is 0 Å². The molecule has 0 aliphatic heterocycles. The minimum absolute atomic E-state index is 0.0384. The molecule has 0 bridgehead atoms. The normalized spacial score (nSPS) is 13.1. The second-order valence-electron chi connectivity index (χ2n) is 8.39. The van der Waals surface area contributed by atoms with E-state index in [9.17, 15) is 18.0 Å². The van der Waals surface area contributed by atoms with Gasteiger partial charge in [-0.1, -0.05) is 60.1 Å². The molecular weight excluding hydrogens is 518 g/mol. The predicted octanol–water partition coefficient (Wildman–Crippen LogP) is 4.11. The Bertz CT molecular complexity index is 1090. The summed E-state index contributed by atoms with van der Waals surface area (Å²) in [5.74, 6) is -0.731. The van der Waals surface area contributed by atoms with E-state index >= 15 is 0 Å². The smallest absolute Gasteiger partial charge is 0.244 e. The maximum Gasteiger partial charge on any atom is 0.244 e. The lowest BCUT2D eigenvalue weighted by Gasteiger charge is -2.32. The molecule has 2 aromatic rings. The molecule has 0 heterocycles. The molecule has 34 heavy (non-hydrogen) atoms. The van der Waals surface area contributed by atoms with Crippen LogP contribution in [-0.4, -0.2) is 50.0 Å². The molecule has 0 spiro atoms. The van der Waals surface area contributed by atoms with Gasteiger partial charge in [-0.2, -0.15) is 0 Å². The number of benzene rings is 2. The zero-order chi connectivity index (χ0) is 25.5. The first-order valence-corrected chi connectivity index (χ1v) is 14.0. The van der Waals surface area contributed by atoms with E-state index in [2.05, 4.69) is 21.2 Å². The molecule has 2 aromatic carbocycles. The zero-order valence-electron chi connectivity index (χ0n) is 20.4. The number of amides is 2. The monoisotopic (exact) mass is 551 g/mol. The van der Waals surface area contributed by atoms with Crippen molar-refractivity contribution in [3.8, 4) is 0 Å². The van der Waals surface area contributed by atoms with Crippen molar-refractivity contribution in [3.63, 3.8) is 0 Å². The fourth-order valence-electron chi connectivity index (χ4n) is 3.48. The van der Waals surface area contributed by atoms with Gasteiger partial charge >= 0.3 is 0 Å². The lowest BCUT2D eigenvalue weighted by atomic mass is 10.1. The van der Waals surface area contributed by atoms with E-state index in [-0.39, 0.29) is 18.5 Å². The van der Waals surface area contributed by atoms with Gasteiger partial charge in [-0.15, -0.1) is 0 Å². The van der Waals surface area contributed by atoms with Gasteiger partial charge in [0.2, 0.25) is 21.8 Å². The van der Waals surface area contributed by atoms with Crippen LogP contribution < -0.4 is 9.62 Å². The summed E-state index contributed by atoms with van der Waals surface area (Å²) in [7, 11) is -3.75. The number of aryl methyl sites for hydroxylation is 1. The average molecular weight is 553 g/mol. The molecule has 1 N–H and O–H groups in total. The molecule has 2 amide bonds. The van der Waals surface area contributed by atoms with Crippen molar-refractivity contribution in [2.75, 3.05) is 17.1 Å². The Morgan fingerprint density at radius 3 is 2.21 bits per heavy atom. The van der Waals surface area contributed by atoms with Gasteiger partial charge in [0.05, 0.1) is 11.9 Å². The zero-order valence-corrected chi connectivity index (χ0v) is 22.8. The van der Waals surface area contributed by atoms with Crippen molar-refractivity contribution in [2.24, 2.45) is 0 Å². The first-order chi connectivity index (χ1) is 16.0. The average Bonchev–Trinajstić information content (AvgIpc) is 2.80. The van der Waals surface area contributed by atoms with Crippen LogP contribution in [0, 0.1) is 0 Å². The fourth-order valence-corrected chi connectivity index (χ4v) is 4.63. The number of sulfonamides is 1. The second kappa shape index (κ2) is 12.4. The van der Waals surface area contributed by atoms with Crippen molar-refractivity contribution in [2.45, 2.75) is 59.2 Å². The SMILES string of the molecule is CCc1ccccc1N(CC(=O)N(Cc1ccc(Br)cc1)C(C)C(=O)NC(C)CC)S(C)(=O)=O. The predicted molar refractivity (Wildman–Crippen MR) is 140 cm³/mol. The van der Waals surface area contributed by atoms with Crippen molar-refractivity contribution in [3.05, 3.63) is 64.1 Å². The molecule has 0 aliphatic carbocycles. The van der Waals surface area contributed by atoms with Crippen LogP contribution in [0.15, 0.2) is 53.0 Å². The van der Waals surface area contributed by atoms with Crippen LogP contribution in [0.25, 0.3) is 0 Å². The number of rotatable bonds is 11. The van der Waals surface area contributed by atoms with Crippen LogP contribution in [0.1, 0.15) is 45.2 Å². The van der Waals surface area contributed by atoms with Gasteiger partial charge in [-0.05, 0) is 56.0 Å². The minimum Gasteiger partial charge on any atom is -0.352 e. The van der Waals surface area contributed by atoms with Gasteiger partial charge in [0.1, 0.15) is 12.6 Å². The van der Waals surface area contributed by atoms with E-state index in [1.165, 1.54) is 4.90 Å². The Balaban J connectivity index is 2.41. The van der Waals surface area contributed by atoms with Crippen LogP contribution in [0.3, 0.4) is 0 Å². The van der Waals surface area contributed by atoms with Crippen molar-refractivity contribution >= 4 is 43.5 Å². The Morgan fingerprint density at radius 1 is 1.03 bits per heavy atom. The molecule has 7 nitrogen and oxygen atoms in total. The van der Waals surface area contributed by atoms with Crippen LogP contribution in [0.4, 0.5) is 5.69 Å². The van der Waals surface area contributed by atoms with E-state index < -0.39 is 28.5 Å². The summed E-state index contributed by atoms with van der Waals surface area (Å²) in [6.45, 7) is 7.25. The molecule has 0 radical (unpaired) electrons. The summed E-state index contributed by atoms with van der Waals surface area (Å²) in [5, 5.41) is 2.92. The third-order valence-corrected chi connectivity index (χ3v) is 7.41. The largest absolute Gasteiger partial charge is 0.352 e. The van der Waals surface area contributed by atoms with Crippen molar-refractivity contribution in [1.82, 2.24) is 10.2 Å². The molecular formula is C25H34BrN3O4S. The van der Waals surface area contributed by atoms with Gasteiger partial charge in [-0.25, -0.2) is 8.42 Å². The molecule has 0 saturated heterocycles. The minimum atomic E-state index is -3.75. The highest BCUT2D eigenvalue weighted by Crippen LogP contribution is 2.24. The first kappa shape index (κ1) is 27.9. The maximum absolute atomic E-state index is 13.6. The van der Waals surface area contributed by atoms with Crippen molar-refractivity contribution in [1.29, 1.82) is 0 Å². The number of hydrogen-bond donors (Lipinski definition) is 1. The lowest BCUT2D eigenvalue weighted by molar-refractivity contribution is -0.139. The van der Waals surface area contributed by atoms with Crippen LogP contribution in [0.2, 0.25) is 0 Å². The van der Waals surface area contributed by atoms with Crippen LogP contribution in [0.5, 0.6) is 0 Å². The van der Waals surface area contributed by atoms with Crippen LogP contribution in [-0.2, 0) is 32.6 Å². The van der Waals surface area contributed by atoms with E-state index in [1.807, 2.05) is 57.2 Å². The highest BCUT2D eigenvalue weighted by Gasteiger charge is 2.31. The topological polar surface area (TPSA) is 86.8 Å². The Morgan fingerprint density at radius 2 is 1.65 bits per heavy atom. The van der Waals surface area contributed by atoms with Gasteiger partial charge < -0.3 is 10.2 Å². The summed E-state index contributed by atoms with van der Waals surface area (Å²) in [5.41, 5.74) is 2.13. The number of carbonyl (C=O) groups is 2. The fraction of sp³-hybridized carbons (Fsp3) is 0.440. The first-order valence-electron chi connectivity index (χ1n) is 11.4. The molecule has 0 fully saturated rings. The number of nitrogens with zero attached hydrogens (tertiary/aromatic N) is 2. The van der Waals surface area contributed by atoms with E-state index in [1.54, 1.807) is 19.1 Å². The summed E-state index contributed by atoms with van der Waals surface area (Å²) < 4.78 is 27.5. The molecule has 9 heteroatoms. The Labute approximate surface area is 211 Å². The van der Waals surface area contributed by atoms with E-state index in [0.29, 0.717) is 12.1 Å². The summed E-state index contributed by atoms with van der Waals surface area (Å²) >= 11 is 3.40. The third-order valence-electron chi connectivity index (χ3n) is 5.75. The molecule has 0 saturated carbocycles. The third kappa shape index (κ3) is 7.56. The van der Waals surface area contributed by atoms with Crippen molar-refractivity contribution < 1.29 is 18.0 Å². The summed E-state index contributed by atoms with van der Waals surface area (Å²) in [6.07, 6.45) is 2.46. The lowest BCUT2D eigenvalue weighted by Crippen LogP contribution is -2.52. The van der Waals surface area contributed by atoms with Gasteiger partial charge in [-0.3, -0.25) is 13.9 Å². The number of anilines is 1. The molecule has 186 valence electrons. The number of halogens is 1.